The van der Waals surface area contributed by atoms with Gasteiger partial charge < -0.3 is 5.48 Å². The summed E-state index contributed by atoms with van der Waals surface area (Å²) < 4.78 is 8.26. The molecule has 0 aromatic carbocycles. The van der Waals surface area contributed by atoms with Crippen LogP contribution in [0.15, 0.2) is 0 Å². The molecule has 0 aromatic heterocycles. The van der Waals surface area contributed by atoms with Gasteiger partial charge in [-0.05, 0) is 0 Å². The zero-order valence-corrected chi connectivity index (χ0v) is 5.08. The molecule has 2 nitrogen and oxygen atoms in total. The van der Waals surface area contributed by atoms with Crippen LogP contribution in [0.25, 0.3) is 0 Å². The summed E-state index contributed by atoms with van der Waals surface area (Å²) in [7, 11) is 0. The molecule has 25 valence electrons. The average molecular weight is 179 g/mol. The first-order chi connectivity index (χ1) is 1.00. The molecule has 0 aromatic rings. The van der Waals surface area contributed by atoms with E-state index in [1.165, 1.54) is 0 Å². The minimum absolute atomic E-state index is 0. The predicted octanol–water partition coefficient (Wildman–Crippen LogP) is -0.243. The molecule has 0 aliphatic rings. The van der Waals surface area contributed by atoms with Gasteiger partial charge in [-0.3, -0.25) is 0 Å². The van der Waals surface area contributed by atoms with E-state index in [0.29, 0.717) is 19.8 Å². The van der Waals surface area contributed by atoms with E-state index in [1.54, 1.807) is 0 Å². The minimum atomic E-state index is 0. The fraction of sp³-hybridized carbons (Fsp3) is 0. The van der Waals surface area contributed by atoms with E-state index in [0.717, 1.165) is 0 Å². The van der Waals surface area contributed by atoms with Crippen molar-refractivity contribution in [2.24, 2.45) is 0 Å². The second kappa shape index (κ2) is 34.8. The molecule has 4 heteroatoms. The van der Waals surface area contributed by atoms with Crippen LogP contribution in [0.4, 0.5) is 0 Å². The first kappa shape index (κ1) is 19.8. The van der Waals surface area contributed by atoms with Crippen LogP contribution in [-0.2, 0) is 47.2 Å². The van der Waals surface area contributed by atoms with Crippen LogP contribution in [-0.4, -0.2) is 0 Å². The molecule has 1 radical (unpaired) electrons. The number of hydrogen-bond donors (Lipinski definition) is 0. The molecule has 0 heterocycles. The van der Waals surface area contributed by atoms with Crippen LogP contribution in [0.5, 0.6) is 0 Å². The maximum atomic E-state index is 8.26. The Labute approximate surface area is 47.4 Å². The smallest absolute Gasteiger partial charge is 0 e. The summed E-state index contributed by atoms with van der Waals surface area (Å²) in [6, 6.07) is 0. The molecule has 0 rings (SSSR count). The molecule has 0 saturated carbocycles. The molecular weight excluding hydrogens is 179 g/mol. The summed E-state index contributed by atoms with van der Waals surface area (Å²) in [4.78, 5) is 0. The Hall–Kier alpha value is 1.03. The van der Waals surface area contributed by atoms with Gasteiger partial charge in [-0.2, -0.15) is 0 Å². The summed E-state index contributed by atoms with van der Waals surface area (Å²) in [5.41, 5.74) is 0. The van der Waals surface area contributed by atoms with Gasteiger partial charge in [0.05, 0.1) is 0 Å². The Kier molecular flexibility index (Phi) is 172. The van der Waals surface area contributed by atoms with Gasteiger partial charge in [0.2, 0.25) is 0 Å². The van der Waals surface area contributed by atoms with Gasteiger partial charge in [-0.25, -0.2) is 0 Å². The van der Waals surface area contributed by atoms with Crippen molar-refractivity contribution in [3.63, 3.8) is 0 Å². The first-order valence-electron chi connectivity index (χ1n) is 0.167. The van der Waals surface area contributed by atoms with Gasteiger partial charge in [-0.15, -0.1) is 0 Å². The standard InChI is InChI=1S/Mo.2O.V/q;;-2;. The molecule has 0 aliphatic heterocycles. The Bertz CT molecular complexity index is 6.00. The molecule has 0 amide bonds. The van der Waals surface area contributed by atoms with Crippen LogP contribution < -0.4 is 0 Å². The molecule has 0 aliphatic carbocycles. The van der Waals surface area contributed by atoms with Crippen molar-refractivity contribution in [3.8, 4) is 0 Å². The minimum Gasteiger partial charge on any atom is 0 e. The first-order valence-corrected chi connectivity index (χ1v) is 0.986. The molecule has 0 fully saturated rings. The van der Waals surface area contributed by atoms with Crippen LogP contribution in [0.2, 0.25) is 0 Å². The summed E-state index contributed by atoms with van der Waals surface area (Å²) >= 11 is 0.700. The second-order valence-electron chi connectivity index (χ2n) is 0. The van der Waals surface area contributed by atoms with Crippen molar-refractivity contribution in [2.75, 3.05) is 0 Å². The number of rotatable bonds is 0. The van der Waals surface area contributed by atoms with E-state index in [-0.39, 0.29) is 24.0 Å². The van der Waals surface area contributed by atoms with Gasteiger partial charge in [0.15, 0.2) is 0 Å². The van der Waals surface area contributed by atoms with Gasteiger partial charge in [-0.1, -0.05) is 0 Å². The van der Waals surface area contributed by atoms with Crippen molar-refractivity contribution in [3.05, 3.63) is 0 Å². The molecular formula is MoO2V-2. The third kappa shape index (κ3) is 11.7. The zero-order valence-electron chi connectivity index (χ0n) is 1.67. The van der Waals surface area contributed by atoms with Gasteiger partial charge in [0.1, 0.15) is 0 Å². The summed E-state index contributed by atoms with van der Waals surface area (Å²) in [6.45, 7) is 0. The molecule has 4 heavy (non-hydrogen) atoms. The molecule has 0 atom stereocenters. The Morgan fingerprint density at radius 1 is 1.25 bits per heavy atom. The van der Waals surface area contributed by atoms with Crippen molar-refractivity contribution in [1.29, 1.82) is 0 Å². The second-order valence-corrected chi connectivity index (χ2v) is 0. The molecule has 0 saturated heterocycles. The Morgan fingerprint density at radius 3 is 1.25 bits per heavy atom. The maximum absolute atomic E-state index is 8.26. The van der Waals surface area contributed by atoms with Crippen LogP contribution >= 0.6 is 0 Å². The zero-order chi connectivity index (χ0) is 2.00. The monoisotopic (exact) mass is 181 g/mol. The van der Waals surface area contributed by atoms with Gasteiger partial charge in [0.25, 0.3) is 0 Å². The van der Waals surface area contributed by atoms with Crippen molar-refractivity contribution >= 4 is 0 Å². The molecule has 0 spiro atoms. The van der Waals surface area contributed by atoms with E-state index in [4.69, 9.17) is 3.40 Å². The van der Waals surface area contributed by atoms with E-state index in [1.807, 2.05) is 0 Å². The van der Waals surface area contributed by atoms with Crippen molar-refractivity contribution in [1.82, 2.24) is 0 Å². The third-order valence-electron chi connectivity index (χ3n) is 0. The maximum Gasteiger partial charge on any atom is 0 e. The largest absolute Gasteiger partial charge is 0 e. The van der Waals surface area contributed by atoms with Crippen LogP contribution in [0.1, 0.15) is 0 Å². The molecule has 0 N–H and O–H groups in total. The Morgan fingerprint density at radius 2 is 1.25 bits per heavy atom. The third-order valence-corrected chi connectivity index (χ3v) is 0. The predicted molar refractivity (Wildman–Crippen MR) is 1.37 cm³/mol. The summed E-state index contributed by atoms with van der Waals surface area (Å²) in [5.74, 6) is 0. The Balaban J connectivity index is -0.00000000500. The fourth-order valence-corrected chi connectivity index (χ4v) is 0. The van der Waals surface area contributed by atoms with E-state index in [2.05, 4.69) is 0 Å². The van der Waals surface area contributed by atoms with Crippen LogP contribution in [0.3, 0.4) is 0 Å². The SMILES string of the molecule is [O-2].[O]=[Mo].[V]. The number of hydrogen-bond acceptors (Lipinski definition) is 1. The quantitative estimate of drug-likeness (QED) is 0.473. The summed E-state index contributed by atoms with van der Waals surface area (Å²) in [5, 5.41) is 0. The van der Waals surface area contributed by atoms with E-state index < -0.39 is 0 Å². The van der Waals surface area contributed by atoms with Gasteiger partial charge in [0, 0.05) is 18.6 Å². The van der Waals surface area contributed by atoms with Gasteiger partial charge >= 0.3 is 23.2 Å². The van der Waals surface area contributed by atoms with E-state index in [9.17, 15) is 0 Å². The van der Waals surface area contributed by atoms with Crippen LogP contribution in [0, 0.1) is 0 Å². The molecule has 0 bridgehead atoms. The fourth-order valence-electron chi connectivity index (χ4n) is 0. The normalized spacial score (nSPS) is 1.00. The topological polar surface area (TPSA) is 45.6 Å². The van der Waals surface area contributed by atoms with Crippen molar-refractivity contribution < 1.29 is 47.2 Å². The average Bonchev–Trinajstić information content (AvgIpc) is 1.00. The van der Waals surface area contributed by atoms with E-state index >= 15 is 0 Å². The molecule has 0 unspecified atom stereocenters. The van der Waals surface area contributed by atoms with Crippen molar-refractivity contribution in [2.45, 2.75) is 0 Å². The summed E-state index contributed by atoms with van der Waals surface area (Å²) in [6.07, 6.45) is 0.